The van der Waals surface area contributed by atoms with Crippen LogP contribution in [0.15, 0.2) is 29.2 Å². The zero-order valence-electron chi connectivity index (χ0n) is 20.9. The molecule has 0 spiro atoms. The third-order valence-corrected chi connectivity index (χ3v) is 8.39. The maximum absolute atomic E-state index is 15.0. The van der Waals surface area contributed by atoms with Crippen LogP contribution in [0.25, 0.3) is 0 Å². The van der Waals surface area contributed by atoms with Crippen LogP contribution in [0.1, 0.15) is 24.4 Å². The van der Waals surface area contributed by atoms with Crippen LogP contribution in [-0.2, 0) is 14.3 Å². The van der Waals surface area contributed by atoms with Crippen LogP contribution in [0.2, 0.25) is 0 Å². The summed E-state index contributed by atoms with van der Waals surface area (Å²) in [6.45, 7) is 0.464. The average Bonchev–Trinajstić information content (AvgIpc) is 3.47. The molecule has 39 heavy (non-hydrogen) atoms. The Morgan fingerprint density at radius 1 is 1.23 bits per heavy atom. The van der Waals surface area contributed by atoms with Crippen LogP contribution in [0.5, 0.6) is 0 Å². The fourth-order valence-electron chi connectivity index (χ4n) is 5.53. The number of amides is 4. The number of carbonyl (C=O) groups excluding carboxylic acids is 3. The normalized spacial score (nSPS) is 21.5. The molecule has 0 saturated carbocycles. The number of fused-ring (bicyclic) bond motifs is 1. The molecule has 12 nitrogen and oxygen atoms in total. The number of nitrogens with one attached hydrogen (secondary N) is 1. The minimum Gasteiger partial charge on any atom is -0.465 e. The largest absolute Gasteiger partial charge is 0.465 e. The van der Waals surface area contributed by atoms with E-state index in [1.807, 2.05) is 0 Å². The zero-order valence-corrected chi connectivity index (χ0v) is 21.7. The molecule has 2 aromatic rings. The molecular weight excluding hydrogens is 531 g/mol. The molecule has 1 fully saturated rings. The monoisotopic (exact) mass is 556 g/mol. The van der Waals surface area contributed by atoms with E-state index in [2.05, 4.69) is 10.3 Å². The number of nitrogens with zero attached hydrogens (tertiary/aromatic N) is 5. The smallest absolute Gasteiger partial charge is 0.415 e. The van der Waals surface area contributed by atoms with Crippen molar-refractivity contribution in [3.63, 3.8) is 0 Å². The number of anilines is 4. The van der Waals surface area contributed by atoms with Gasteiger partial charge in [-0.25, -0.2) is 19.0 Å². The molecule has 0 radical (unpaired) electrons. The summed E-state index contributed by atoms with van der Waals surface area (Å²) in [5.41, 5.74) is 1.32. The Bertz CT molecular complexity index is 1410. The van der Waals surface area contributed by atoms with Gasteiger partial charge in [-0.1, -0.05) is 0 Å². The Balaban J connectivity index is 1.13. The van der Waals surface area contributed by atoms with Gasteiger partial charge in [0.25, 0.3) is 0 Å². The number of ether oxygens (including phenoxy) is 1. The Morgan fingerprint density at radius 3 is 2.85 bits per heavy atom. The van der Waals surface area contributed by atoms with E-state index in [0.29, 0.717) is 41.6 Å². The van der Waals surface area contributed by atoms with Crippen molar-refractivity contribution < 1.29 is 33.4 Å². The third-order valence-electron chi connectivity index (χ3n) is 7.34. The number of pyridine rings is 1. The number of rotatable bonds is 6. The summed E-state index contributed by atoms with van der Waals surface area (Å²) in [4.78, 5) is 60.1. The second kappa shape index (κ2) is 9.59. The molecular formula is C25H25FN6O6S. The standard InChI is InChI=1S/C25H25FN6O6S/c1-29-11-20(34)32-10-16(21-14(26)4-5-15(29)22(21)32)30(24(35)36)8-2-3-13-9-31(25(37)38-13)18-7-6-17-23(27-18)28-19(33)12-39-17/h4-7,13,16H,2-3,8-12H2,1H3,(H,35,36)(H,27,28,33)/t13-,16+/m1/s1. The SMILES string of the molecule is CN1CC(=O)N2C[C@H](N(CCC[C@@H]3CN(c4ccc5c(n4)NC(=O)CS5)C(=O)O3)C(=O)O)c3c(F)ccc1c32. The number of thioether (sulfide) groups is 1. The highest BCUT2D eigenvalue weighted by molar-refractivity contribution is 8.00. The topological polar surface area (TPSA) is 136 Å². The summed E-state index contributed by atoms with van der Waals surface area (Å²) in [7, 11) is 1.74. The van der Waals surface area contributed by atoms with Gasteiger partial charge >= 0.3 is 12.2 Å². The fourth-order valence-corrected chi connectivity index (χ4v) is 6.28. The number of carboxylic acid groups (broad SMARTS) is 1. The molecule has 5 heterocycles. The Kier molecular flexibility index (Phi) is 6.20. The summed E-state index contributed by atoms with van der Waals surface area (Å²) in [6, 6.07) is 5.55. The molecule has 4 amide bonds. The van der Waals surface area contributed by atoms with Gasteiger partial charge in [0.2, 0.25) is 11.8 Å². The summed E-state index contributed by atoms with van der Waals surface area (Å²) in [5, 5.41) is 12.7. The van der Waals surface area contributed by atoms with E-state index < -0.39 is 30.1 Å². The second-order valence-corrected chi connectivity index (χ2v) is 10.8. The van der Waals surface area contributed by atoms with Crippen molar-refractivity contribution in [1.82, 2.24) is 9.88 Å². The molecule has 0 aliphatic carbocycles. The van der Waals surface area contributed by atoms with Crippen molar-refractivity contribution in [3.05, 3.63) is 35.6 Å². The number of likely N-dealkylation sites (N-methyl/N-ethyl adjacent to an activating group) is 1. The number of hydrogen-bond donors (Lipinski definition) is 2. The highest BCUT2D eigenvalue weighted by Crippen LogP contribution is 2.47. The van der Waals surface area contributed by atoms with Crippen LogP contribution in [-0.4, -0.2) is 84.1 Å². The van der Waals surface area contributed by atoms with E-state index in [9.17, 15) is 24.3 Å². The van der Waals surface area contributed by atoms with Crippen LogP contribution < -0.4 is 20.0 Å². The highest BCUT2D eigenvalue weighted by Gasteiger charge is 2.44. The van der Waals surface area contributed by atoms with Gasteiger partial charge in [-0.3, -0.25) is 19.4 Å². The number of aromatic nitrogens is 1. The van der Waals surface area contributed by atoms with Crippen LogP contribution >= 0.6 is 11.8 Å². The van der Waals surface area contributed by atoms with Crippen molar-refractivity contribution >= 4 is 58.8 Å². The van der Waals surface area contributed by atoms with E-state index >= 15 is 4.39 Å². The number of hydrogen-bond acceptors (Lipinski definition) is 8. The summed E-state index contributed by atoms with van der Waals surface area (Å²) >= 11 is 1.37. The minimum atomic E-state index is -1.22. The lowest BCUT2D eigenvalue weighted by Gasteiger charge is -2.32. The first-order chi connectivity index (χ1) is 18.7. The molecule has 1 saturated heterocycles. The van der Waals surface area contributed by atoms with Crippen LogP contribution in [0.4, 0.5) is 37.0 Å². The van der Waals surface area contributed by atoms with Crippen molar-refractivity contribution in [2.45, 2.75) is 29.9 Å². The quantitative estimate of drug-likeness (QED) is 0.551. The Morgan fingerprint density at radius 2 is 2.05 bits per heavy atom. The van der Waals surface area contributed by atoms with Crippen molar-refractivity contribution in [2.24, 2.45) is 0 Å². The van der Waals surface area contributed by atoms with Gasteiger partial charge in [-0.2, -0.15) is 0 Å². The summed E-state index contributed by atoms with van der Waals surface area (Å²) in [6.07, 6.45) is -1.57. The minimum absolute atomic E-state index is 0.0489. The Labute approximate surface area is 226 Å². The number of carbonyl (C=O) groups is 4. The van der Waals surface area contributed by atoms with E-state index in [4.69, 9.17) is 4.74 Å². The lowest BCUT2D eigenvalue weighted by atomic mass is 10.0. The molecule has 204 valence electrons. The number of cyclic esters (lactones) is 1. The number of benzene rings is 1. The maximum Gasteiger partial charge on any atom is 0.415 e. The van der Waals surface area contributed by atoms with Gasteiger partial charge in [0.05, 0.1) is 47.7 Å². The summed E-state index contributed by atoms with van der Waals surface area (Å²) < 4.78 is 20.5. The molecule has 2 atom stereocenters. The molecule has 0 bridgehead atoms. The van der Waals surface area contributed by atoms with Crippen molar-refractivity contribution in [3.8, 4) is 0 Å². The summed E-state index contributed by atoms with van der Waals surface area (Å²) in [5.74, 6) is 0.132. The Hall–Kier alpha value is -4.07. The molecule has 14 heteroatoms. The first-order valence-corrected chi connectivity index (χ1v) is 13.4. The van der Waals surface area contributed by atoms with Crippen LogP contribution in [0.3, 0.4) is 0 Å². The molecule has 0 unspecified atom stereocenters. The van der Waals surface area contributed by atoms with Gasteiger partial charge in [0, 0.05) is 19.2 Å². The zero-order chi connectivity index (χ0) is 27.4. The van der Waals surface area contributed by atoms with E-state index in [1.165, 1.54) is 27.6 Å². The molecule has 4 aliphatic heterocycles. The van der Waals surface area contributed by atoms with Crippen molar-refractivity contribution in [2.75, 3.05) is 59.0 Å². The molecule has 4 aliphatic rings. The van der Waals surface area contributed by atoms with Crippen molar-refractivity contribution in [1.29, 1.82) is 0 Å². The van der Waals surface area contributed by atoms with Gasteiger partial charge < -0.3 is 25.0 Å². The number of halogens is 1. The third kappa shape index (κ3) is 4.37. The highest BCUT2D eigenvalue weighted by atomic mass is 32.2. The van der Waals surface area contributed by atoms with E-state index in [1.54, 1.807) is 30.1 Å². The van der Waals surface area contributed by atoms with Gasteiger partial charge in [-0.15, -0.1) is 11.8 Å². The second-order valence-electron chi connectivity index (χ2n) is 9.79. The van der Waals surface area contributed by atoms with Gasteiger partial charge in [0.1, 0.15) is 23.6 Å². The first-order valence-electron chi connectivity index (χ1n) is 12.5. The molecule has 1 aromatic heterocycles. The molecule has 1 aromatic carbocycles. The lowest BCUT2D eigenvalue weighted by molar-refractivity contribution is -0.117. The lowest BCUT2D eigenvalue weighted by Crippen LogP contribution is -2.44. The maximum atomic E-state index is 15.0. The average molecular weight is 557 g/mol. The van der Waals surface area contributed by atoms with Crippen LogP contribution in [0, 0.1) is 5.82 Å². The van der Waals surface area contributed by atoms with E-state index in [-0.39, 0.29) is 43.6 Å². The van der Waals surface area contributed by atoms with Gasteiger partial charge in [-0.05, 0) is 37.1 Å². The first kappa shape index (κ1) is 25.2. The van der Waals surface area contributed by atoms with E-state index in [0.717, 1.165) is 9.80 Å². The molecule has 2 N–H and O–H groups in total. The molecule has 6 rings (SSSR count). The predicted molar refractivity (Wildman–Crippen MR) is 140 cm³/mol. The van der Waals surface area contributed by atoms with Gasteiger partial charge in [0.15, 0.2) is 0 Å². The predicted octanol–water partition coefficient (Wildman–Crippen LogP) is 2.89. The fraction of sp³-hybridized carbons (Fsp3) is 0.400.